The fourth-order valence-electron chi connectivity index (χ4n) is 7.89. The van der Waals surface area contributed by atoms with Crippen LogP contribution in [0.2, 0.25) is 0 Å². The van der Waals surface area contributed by atoms with Gasteiger partial charge in [-0.1, -0.05) is 0 Å². The van der Waals surface area contributed by atoms with Gasteiger partial charge in [-0.3, -0.25) is 0 Å². The zero-order valence-electron chi connectivity index (χ0n) is 23.9. The van der Waals surface area contributed by atoms with Gasteiger partial charge in [0.25, 0.3) is 0 Å². The van der Waals surface area contributed by atoms with Crippen LogP contribution in [0.25, 0.3) is 32.7 Å². The molecular formula is C39H30Cl2I2Zr. The predicted molar refractivity (Wildman–Crippen MR) is 210 cm³/mol. The van der Waals surface area contributed by atoms with Gasteiger partial charge < -0.3 is 0 Å². The van der Waals surface area contributed by atoms with Gasteiger partial charge in [0.15, 0.2) is 0 Å². The third-order valence-corrected chi connectivity index (χ3v) is 27.5. The fourth-order valence-corrected chi connectivity index (χ4v) is 23.8. The van der Waals surface area contributed by atoms with E-state index in [-0.39, 0.29) is 24.8 Å². The first kappa shape index (κ1) is 32.1. The van der Waals surface area contributed by atoms with Crippen LogP contribution in [0.4, 0.5) is 0 Å². The van der Waals surface area contributed by atoms with Crippen molar-refractivity contribution >= 4 is 106 Å². The van der Waals surface area contributed by atoms with E-state index in [9.17, 15) is 0 Å². The fraction of sp³-hybridized carbons (Fsp3) is 0.0513. The molecule has 6 aromatic rings. The van der Waals surface area contributed by atoms with Gasteiger partial charge in [-0.25, -0.2) is 0 Å². The number of allylic oxidation sites excluding steroid dienone is 4. The molecule has 0 spiro atoms. The molecule has 0 atom stereocenters. The van der Waals surface area contributed by atoms with E-state index in [1.807, 2.05) is 0 Å². The van der Waals surface area contributed by atoms with Crippen LogP contribution in [-0.4, -0.2) is 4.21 Å². The summed E-state index contributed by atoms with van der Waals surface area (Å²) >= 11 is 0.0971. The third kappa shape index (κ3) is 4.47. The van der Waals surface area contributed by atoms with Gasteiger partial charge in [0.1, 0.15) is 0 Å². The van der Waals surface area contributed by atoms with E-state index >= 15 is 0 Å². The molecule has 44 heavy (non-hydrogen) atoms. The van der Waals surface area contributed by atoms with Crippen molar-refractivity contribution in [2.24, 2.45) is 0 Å². The SMILES string of the molecule is Cl.Cl.[CH2]=[Zr]([C]1=CC=CC1)([c]1ccc(I)cc1)([c]1ccc(I)cc1)[c]1cccc2c1c1c(c3ccccc32)-c2ccccc2C1. The molecule has 6 aromatic carbocycles. The van der Waals surface area contributed by atoms with Crippen molar-refractivity contribution in [3.05, 3.63) is 155 Å². The molecule has 0 radical (unpaired) electrons. The summed E-state index contributed by atoms with van der Waals surface area (Å²) in [6.07, 6.45) is 8.88. The van der Waals surface area contributed by atoms with E-state index in [1.54, 1.807) is 0 Å². The first-order chi connectivity index (χ1) is 20.5. The van der Waals surface area contributed by atoms with Gasteiger partial charge in [-0.05, 0) is 0 Å². The summed E-state index contributed by atoms with van der Waals surface area (Å²) in [5.41, 5.74) is 5.68. The summed E-state index contributed by atoms with van der Waals surface area (Å²) in [6.45, 7) is 0. The zero-order chi connectivity index (χ0) is 28.5. The normalized spacial score (nSPS) is 13.7. The number of fused-ring (bicyclic) bond motifs is 8. The summed E-state index contributed by atoms with van der Waals surface area (Å²) in [5, 5.41) is 5.46. The Balaban J connectivity index is 0.00000171. The molecule has 0 fully saturated rings. The van der Waals surface area contributed by atoms with Gasteiger partial charge in [0.2, 0.25) is 0 Å². The van der Waals surface area contributed by atoms with Crippen molar-refractivity contribution < 1.29 is 18.3 Å². The van der Waals surface area contributed by atoms with Gasteiger partial charge in [0, 0.05) is 0 Å². The predicted octanol–water partition coefficient (Wildman–Crippen LogP) is 9.86. The van der Waals surface area contributed by atoms with Crippen LogP contribution in [0.5, 0.6) is 0 Å². The Hall–Kier alpha value is -1.89. The van der Waals surface area contributed by atoms with Gasteiger partial charge >= 0.3 is 278 Å². The first-order valence-electron chi connectivity index (χ1n) is 14.4. The average molecular weight is 915 g/mol. The Bertz CT molecular complexity index is 2160. The first-order valence-corrected chi connectivity index (χ1v) is 23.3. The molecule has 5 heteroatoms. The van der Waals surface area contributed by atoms with E-state index in [0.29, 0.717) is 0 Å². The molecule has 0 amide bonds. The molecular weight excluding hydrogens is 884 g/mol. The minimum atomic E-state index is -4.77. The monoisotopic (exact) mass is 912 g/mol. The van der Waals surface area contributed by atoms with Crippen LogP contribution in [0.1, 0.15) is 17.5 Å². The molecule has 0 unspecified atom stereocenters. The number of hydrogen-bond donors (Lipinski definition) is 0. The molecule has 2 aliphatic carbocycles. The molecule has 0 aliphatic heterocycles. The number of benzene rings is 6. The van der Waals surface area contributed by atoms with Gasteiger partial charge in [-0.2, -0.15) is 0 Å². The van der Waals surface area contributed by atoms with Gasteiger partial charge in [0.05, 0.1) is 0 Å². The van der Waals surface area contributed by atoms with Gasteiger partial charge in [-0.15, -0.1) is 24.8 Å². The van der Waals surface area contributed by atoms with Crippen molar-refractivity contribution in [3.63, 3.8) is 0 Å². The maximum atomic E-state index is 5.65. The Labute approximate surface area is 299 Å². The molecule has 2 aliphatic rings. The summed E-state index contributed by atoms with van der Waals surface area (Å²) in [6, 6.07) is 43.9. The maximum absolute atomic E-state index is 5.65. The molecule has 0 saturated carbocycles. The van der Waals surface area contributed by atoms with Crippen molar-refractivity contribution in [2.45, 2.75) is 12.8 Å². The van der Waals surface area contributed by atoms with Crippen LogP contribution < -0.4 is 9.81 Å². The second-order valence-corrected chi connectivity index (χ2v) is 27.2. The summed E-state index contributed by atoms with van der Waals surface area (Å²) in [5.74, 6) is 0. The Morgan fingerprint density at radius 3 is 1.84 bits per heavy atom. The second kappa shape index (κ2) is 12.0. The number of hydrogen-bond acceptors (Lipinski definition) is 0. The molecule has 0 heterocycles. The summed E-state index contributed by atoms with van der Waals surface area (Å²) < 4.78 is 13.9. The molecule has 0 aromatic heterocycles. The van der Waals surface area contributed by atoms with E-state index in [2.05, 4.69) is 179 Å². The van der Waals surface area contributed by atoms with Crippen molar-refractivity contribution in [3.8, 4) is 11.1 Å². The van der Waals surface area contributed by atoms with Crippen LogP contribution >= 0.6 is 70.0 Å². The molecule has 0 bridgehead atoms. The van der Waals surface area contributed by atoms with Crippen LogP contribution in [-0.2, 0) is 24.7 Å². The average Bonchev–Trinajstić information content (AvgIpc) is 3.71. The zero-order valence-corrected chi connectivity index (χ0v) is 32.3. The van der Waals surface area contributed by atoms with Crippen molar-refractivity contribution in [1.82, 2.24) is 0 Å². The topological polar surface area (TPSA) is 0 Å². The Kier molecular flexibility index (Phi) is 8.78. The van der Waals surface area contributed by atoms with Crippen LogP contribution in [0.15, 0.2) is 137 Å². The van der Waals surface area contributed by atoms with E-state index < -0.39 is 18.3 Å². The Morgan fingerprint density at radius 2 is 1.20 bits per heavy atom. The molecule has 0 N–H and O–H groups in total. The molecule has 8 rings (SSSR count). The van der Waals surface area contributed by atoms with Crippen molar-refractivity contribution in [1.29, 1.82) is 0 Å². The minimum absolute atomic E-state index is 0. The molecule has 0 nitrogen and oxygen atoms in total. The second-order valence-electron chi connectivity index (χ2n) is 11.8. The third-order valence-electron chi connectivity index (χ3n) is 9.85. The number of rotatable bonds is 4. The Morgan fingerprint density at radius 1 is 0.614 bits per heavy atom. The number of halogens is 4. The van der Waals surface area contributed by atoms with E-state index in [0.717, 1.165) is 12.8 Å². The van der Waals surface area contributed by atoms with E-state index in [1.165, 1.54) is 64.0 Å². The van der Waals surface area contributed by atoms with Crippen molar-refractivity contribution in [2.75, 3.05) is 0 Å². The van der Waals surface area contributed by atoms with Crippen LogP contribution in [0, 0.1) is 7.14 Å². The molecule has 0 saturated heterocycles. The molecule has 218 valence electrons. The quantitative estimate of drug-likeness (QED) is 0.122. The van der Waals surface area contributed by atoms with Crippen LogP contribution in [0.3, 0.4) is 0 Å². The van der Waals surface area contributed by atoms with E-state index in [4.69, 9.17) is 4.21 Å². The standard InChI is InChI=1S/C21H13.2C6H4I.C5H5.CH2.2ClH.Zr/c1-2-8-15-14(7-1)13-20-18-11-4-3-9-16(18)17-10-5-6-12-19(17)21(15)20;2*7-6-4-2-1-3-5-6;1-2-4-5-3-1;;;;/h1-10,12H,13H2;2*2-5H;1-3H,4H2;1H2;2*1H;. The summed E-state index contributed by atoms with van der Waals surface area (Å²) in [7, 11) is 0. The summed E-state index contributed by atoms with van der Waals surface area (Å²) in [4.78, 5) is 0.